The average Bonchev–Trinajstić information content (AvgIpc) is 3.29. The Balaban J connectivity index is 1.33. The van der Waals surface area contributed by atoms with Crippen LogP contribution in [0.3, 0.4) is 0 Å². The molecule has 2 saturated heterocycles. The summed E-state index contributed by atoms with van der Waals surface area (Å²) in [6, 6.07) is 5.61. The highest BCUT2D eigenvalue weighted by atomic mass is 32.2. The minimum Gasteiger partial charge on any atom is -0.441 e. The second kappa shape index (κ2) is 7.28. The highest BCUT2D eigenvalue weighted by Gasteiger charge is 2.30. The van der Waals surface area contributed by atoms with E-state index in [1.807, 2.05) is 34.9 Å². The first-order valence-corrected chi connectivity index (χ1v) is 9.99. The van der Waals surface area contributed by atoms with Gasteiger partial charge in [-0.2, -0.15) is 0 Å². The largest absolute Gasteiger partial charge is 0.441 e. The first-order chi connectivity index (χ1) is 12.6. The highest BCUT2D eigenvalue weighted by molar-refractivity contribution is 7.99. The third kappa shape index (κ3) is 3.57. The predicted molar refractivity (Wildman–Crippen MR) is 99.9 cm³/mol. The van der Waals surface area contributed by atoms with Gasteiger partial charge in [0.2, 0.25) is 11.8 Å². The van der Waals surface area contributed by atoms with Gasteiger partial charge in [-0.05, 0) is 17.7 Å². The zero-order valence-electron chi connectivity index (χ0n) is 14.7. The van der Waals surface area contributed by atoms with E-state index >= 15 is 0 Å². The van der Waals surface area contributed by atoms with Crippen molar-refractivity contribution in [2.45, 2.75) is 19.4 Å². The summed E-state index contributed by atoms with van der Waals surface area (Å²) < 4.78 is 5.47. The lowest BCUT2D eigenvalue weighted by Gasteiger charge is -2.36. The number of aromatic nitrogens is 1. The van der Waals surface area contributed by atoms with Gasteiger partial charge in [-0.25, -0.2) is 4.98 Å². The molecule has 0 spiro atoms. The minimum atomic E-state index is -0.0695. The summed E-state index contributed by atoms with van der Waals surface area (Å²) in [5.41, 5.74) is 2.45. The Bertz CT molecular complexity index is 823. The molecule has 0 radical (unpaired) electrons. The molecule has 2 aromatic rings. The molecule has 26 heavy (non-hydrogen) atoms. The average molecular weight is 374 g/mol. The molecule has 2 fully saturated rings. The summed E-state index contributed by atoms with van der Waals surface area (Å²) in [5.74, 6) is 2.55. The van der Waals surface area contributed by atoms with Crippen molar-refractivity contribution in [1.82, 2.24) is 20.1 Å². The van der Waals surface area contributed by atoms with Crippen molar-refractivity contribution in [3.05, 3.63) is 29.7 Å². The third-order valence-electron chi connectivity index (χ3n) is 4.87. The number of fused-ring (bicyclic) bond motifs is 1. The molecule has 1 unspecified atom stereocenters. The summed E-state index contributed by atoms with van der Waals surface area (Å²) in [7, 11) is 0. The van der Waals surface area contributed by atoms with Crippen LogP contribution in [0.2, 0.25) is 0 Å². The van der Waals surface area contributed by atoms with Crippen molar-refractivity contribution in [3.63, 3.8) is 0 Å². The molecule has 2 aliphatic heterocycles. The highest BCUT2D eigenvalue weighted by Crippen LogP contribution is 2.18. The van der Waals surface area contributed by atoms with Crippen molar-refractivity contribution in [2.75, 3.05) is 37.8 Å². The van der Waals surface area contributed by atoms with Crippen LogP contribution in [-0.4, -0.2) is 70.4 Å². The number of nitrogens with one attached hydrogen (secondary N) is 1. The fraction of sp³-hybridized carbons (Fsp3) is 0.500. The lowest BCUT2D eigenvalue weighted by atomic mass is 10.1. The summed E-state index contributed by atoms with van der Waals surface area (Å²) in [6.45, 7) is 4.21. The molecule has 3 heterocycles. The topological polar surface area (TPSA) is 78.7 Å². The van der Waals surface area contributed by atoms with Gasteiger partial charge in [-0.3, -0.25) is 14.9 Å². The molecule has 1 aromatic heterocycles. The number of nitrogens with zero attached hydrogens (tertiary/aromatic N) is 3. The van der Waals surface area contributed by atoms with Crippen molar-refractivity contribution < 1.29 is 14.0 Å². The van der Waals surface area contributed by atoms with Crippen LogP contribution >= 0.6 is 11.8 Å². The van der Waals surface area contributed by atoms with E-state index in [1.54, 1.807) is 11.8 Å². The Morgan fingerprint density at radius 1 is 1.27 bits per heavy atom. The lowest BCUT2D eigenvalue weighted by molar-refractivity contribution is -0.140. The first kappa shape index (κ1) is 17.4. The number of benzene rings is 1. The number of amides is 2. The van der Waals surface area contributed by atoms with Crippen LogP contribution in [0, 0.1) is 6.92 Å². The number of thioether (sulfide) groups is 1. The number of hydrogen-bond donors (Lipinski definition) is 1. The van der Waals surface area contributed by atoms with Gasteiger partial charge >= 0.3 is 0 Å². The van der Waals surface area contributed by atoms with E-state index < -0.39 is 0 Å². The molecule has 2 aliphatic rings. The van der Waals surface area contributed by atoms with Gasteiger partial charge in [-0.15, -0.1) is 11.8 Å². The van der Waals surface area contributed by atoms with Crippen LogP contribution < -0.4 is 5.32 Å². The smallest absolute Gasteiger partial charge is 0.240 e. The van der Waals surface area contributed by atoms with Gasteiger partial charge in [0.1, 0.15) is 5.52 Å². The molecular weight excluding hydrogens is 352 g/mol. The number of carbonyl (C=O) groups is 2. The molecule has 138 valence electrons. The van der Waals surface area contributed by atoms with E-state index in [1.165, 1.54) is 0 Å². The number of rotatable bonds is 3. The van der Waals surface area contributed by atoms with Gasteiger partial charge < -0.3 is 14.2 Å². The molecule has 1 aromatic carbocycles. The maximum atomic E-state index is 12.6. The summed E-state index contributed by atoms with van der Waals surface area (Å²) in [6.07, 6.45) is 0.344. The number of piperazine rings is 1. The zero-order valence-corrected chi connectivity index (χ0v) is 15.6. The van der Waals surface area contributed by atoms with Crippen molar-refractivity contribution in [1.29, 1.82) is 0 Å². The molecule has 0 saturated carbocycles. The van der Waals surface area contributed by atoms with Gasteiger partial charge in [0.25, 0.3) is 0 Å². The van der Waals surface area contributed by atoms with E-state index in [2.05, 4.69) is 10.3 Å². The second-order valence-corrected chi connectivity index (χ2v) is 7.72. The number of carbonyl (C=O) groups excluding carboxylic acids is 2. The zero-order chi connectivity index (χ0) is 18.1. The fourth-order valence-electron chi connectivity index (χ4n) is 3.44. The molecule has 1 N–H and O–H groups in total. The van der Waals surface area contributed by atoms with E-state index in [0.717, 1.165) is 28.3 Å². The molecule has 0 bridgehead atoms. The van der Waals surface area contributed by atoms with Crippen molar-refractivity contribution >= 4 is 34.7 Å². The first-order valence-electron chi connectivity index (χ1n) is 8.84. The summed E-state index contributed by atoms with van der Waals surface area (Å²) in [4.78, 5) is 33.1. The fourth-order valence-corrected chi connectivity index (χ4v) is 4.37. The summed E-state index contributed by atoms with van der Waals surface area (Å²) in [5, 5.41) is 3.21. The van der Waals surface area contributed by atoms with Crippen LogP contribution in [0.25, 0.3) is 11.1 Å². The Morgan fingerprint density at radius 2 is 2.04 bits per heavy atom. The quantitative estimate of drug-likeness (QED) is 0.864. The Labute approximate surface area is 156 Å². The Hall–Kier alpha value is -2.06. The Morgan fingerprint density at radius 3 is 2.77 bits per heavy atom. The molecule has 8 heteroatoms. The van der Waals surface area contributed by atoms with E-state index in [4.69, 9.17) is 4.42 Å². The van der Waals surface area contributed by atoms with E-state index in [0.29, 0.717) is 38.5 Å². The number of hydrogen-bond acceptors (Lipinski definition) is 6. The van der Waals surface area contributed by atoms with E-state index in [-0.39, 0.29) is 17.9 Å². The number of oxazole rings is 1. The van der Waals surface area contributed by atoms with Crippen LogP contribution in [0.15, 0.2) is 22.6 Å². The second-order valence-electron chi connectivity index (χ2n) is 6.69. The van der Waals surface area contributed by atoms with Gasteiger partial charge in [0.15, 0.2) is 11.5 Å². The van der Waals surface area contributed by atoms with Crippen molar-refractivity contribution in [3.8, 4) is 0 Å². The van der Waals surface area contributed by atoms with Crippen LogP contribution in [0.1, 0.15) is 11.5 Å². The van der Waals surface area contributed by atoms with Gasteiger partial charge in [0.05, 0.1) is 12.5 Å². The van der Waals surface area contributed by atoms with Crippen LogP contribution in [0.5, 0.6) is 0 Å². The normalized spacial score (nSPS) is 20.7. The van der Waals surface area contributed by atoms with Gasteiger partial charge in [-0.1, -0.05) is 6.07 Å². The number of aryl methyl sites for hydroxylation is 1. The molecular formula is C18H22N4O3S. The maximum absolute atomic E-state index is 12.6. The maximum Gasteiger partial charge on any atom is 0.240 e. The molecule has 0 aliphatic carbocycles. The van der Waals surface area contributed by atoms with Crippen LogP contribution in [-0.2, 0) is 16.0 Å². The van der Waals surface area contributed by atoms with Crippen LogP contribution in [0.4, 0.5) is 0 Å². The summed E-state index contributed by atoms with van der Waals surface area (Å²) >= 11 is 1.75. The molecule has 4 rings (SSSR count). The Kier molecular flexibility index (Phi) is 4.86. The molecule has 2 amide bonds. The monoisotopic (exact) mass is 374 g/mol. The SMILES string of the molecule is Cc1nc2cc(CC(=O)N3CCN(C(=O)C4CSCN4)CC3)ccc2o1. The van der Waals surface area contributed by atoms with Crippen molar-refractivity contribution in [2.24, 2.45) is 0 Å². The van der Waals surface area contributed by atoms with Gasteiger partial charge in [0, 0.05) is 44.7 Å². The molecule has 7 nitrogen and oxygen atoms in total. The minimum absolute atomic E-state index is 0.0695. The third-order valence-corrected chi connectivity index (χ3v) is 5.81. The molecule has 1 atom stereocenters. The standard InChI is InChI=1S/C18H22N4O3S/c1-12-20-14-8-13(2-3-16(14)25-12)9-17(23)21-4-6-22(7-5-21)18(24)15-10-26-11-19-15/h2-3,8,15,19H,4-7,9-11H2,1H3. The lowest BCUT2D eigenvalue weighted by Crippen LogP contribution is -2.54. The van der Waals surface area contributed by atoms with E-state index in [9.17, 15) is 9.59 Å². The predicted octanol–water partition coefficient (Wildman–Crippen LogP) is 1.01.